The first kappa shape index (κ1) is 20.0. The van der Waals surface area contributed by atoms with Crippen LogP contribution in [0.15, 0.2) is 58.4 Å². The standard InChI is InChI=1S/C22H24N2O3S/c1-5-27-20-16(10-9-13-18(20)26-4)14-19-21(25)24(15(2)3)22(28-19)23-17-11-7-6-8-12-17/h6-15H,5H2,1-4H3/b19-14+,23-22?. The minimum Gasteiger partial charge on any atom is -0.493 e. The van der Waals surface area contributed by atoms with Gasteiger partial charge < -0.3 is 9.47 Å². The van der Waals surface area contributed by atoms with Crippen LogP contribution in [0.5, 0.6) is 11.5 Å². The van der Waals surface area contributed by atoms with E-state index in [9.17, 15) is 4.79 Å². The molecule has 0 spiro atoms. The van der Waals surface area contributed by atoms with Crippen LogP contribution in [-0.2, 0) is 4.79 Å². The summed E-state index contributed by atoms with van der Waals surface area (Å²) >= 11 is 1.38. The maximum Gasteiger partial charge on any atom is 0.266 e. The molecule has 2 aromatic rings. The lowest BCUT2D eigenvalue weighted by atomic mass is 10.1. The molecule has 0 unspecified atom stereocenters. The lowest BCUT2D eigenvalue weighted by Crippen LogP contribution is -2.35. The number of para-hydroxylation sites is 2. The van der Waals surface area contributed by atoms with Crippen molar-refractivity contribution in [2.24, 2.45) is 4.99 Å². The highest BCUT2D eigenvalue weighted by molar-refractivity contribution is 8.18. The van der Waals surface area contributed by atoms with Crippen LogP contribution in [0.1, 0.15) is 26.3 Å². The highest BCUT2D eigenvalue weighted by atomic mass is 32.2. The summed E-state index contributed by atoms with van der Waals surface area (Å²) in [6, 6.07) is 15.3. The Kier molecular flexibility index (Phi) is 6.41. The average Bonchev–Trinajstić information content (AvgIpc) is 2.99. The molecule has 1 aliphatic heterocycles. The lowest BCUT2D eigenvalue weighted by molar-refractivity contribution is -0.123. The smallest absolute Gasteiger partial charge is 0.266 e. The van der Waals surface area contributed by atoms with E-state index < -0.39 is 0 Å². The molecular formula is C22H24N2O3S. The lowest BCUT2D eigenvalue weighted by Gasteiger charge is -2.19. The van der Waals surface area contributed by atoms with Crippen molar-refractivity contribution >= 4 is 34.6 Å². The van der Waals surface area contributed by atoms with E-state index in [2.05, 4.69) is 4.99 Å². The first-order valence-electron chi connectivity index (χ1n) is 9.21. The maximum absolute atomic E-state index is 13.1. The Morgan fingerprint density at radius 1 is 1.14 bits per heavy atom. The molecule has 0 radical (unpaired) electrons. The van der Waals surface area contributed by atoms with Gasteiger partial charge in [-0.3, -0.25) is 9.69 Å². The summed E-state index contributed by atoms with van der Waals surface area (Å²) in [5.41, 5.74) is 1.63. The SMILES string of the molecule is CCOc1c(/C=C2/SC(=Nc3ccccc3)N(C(C)C)C2=O)cccc1OC. The Morgan fingerprint density at radius 2 is 1.89 bits per heavy atom. The second-order valence-corrected chi connectivity index (χ2v) is 7.43. The van der Waals surface area contributed by atoms with E-state index >= 15 is 0 Å². The number of nitrogens with zero attached hydrogens (tertiary/aromatic N) is 2. The van der Waals surface area contributed by atoms with Crippen LogP contribution >= 0.6 is 11.8 Å². The number of benzene rings is 2. The van der Waals surface area contributed by atoms with Gasteiger partial charge in [0.25, 0.3) is 5.91 Å². The normalized spacial score (nSPS) is 17.0. The van der Waals surface area contributed by atoms with Crippen molar-refractivity contribution in [3.05, 3.63) is 59.0 Å². The van der Waals surface area contributed by atoms with Gasteiger partial charge in [0, 0.05) is 11.6 Å². The van der Waals surface area contributed by atoms with E-state index in [0.29, 0.717) is 28.2 Å². The summed E-state index contributed by atoms with van der Waals surface area (Å²) in [5, 5.41) is 0.679. The van der Waals surface area contributed by atoms with E-state index in [1.807, 2.05) is 75.4 Å². The van der Waals surface area contributed by atoms with E-state index in [1.165, 1.54) is 11.8 Å². The average molecular weight is 397 g/mol. The number of rotatable bonds is 6. The molecule has 0 aliphatic carbocycles. The highest BCUT2D eigenvalue weighted by Crippen LogP contribution is 2.38. The largest absolute Gasteiger partial charge is 0.493 e. The summed E-state index contributed by atoms with van der Waals surface area (Å²) in [5.74, 6) is 1.23. The molecule has 2 aromatic carbocycles. The van der Waals surface area contributed by atoms with E-state index in [1.54, 1.807) is 12.0 Å². The van der Waals surface area contributed by atoms with E-state index in [4.69, 9.17) is 9.47 Å². The van der Waals surface area contributed by atoms with Gasteiger partial charge in [-0.15, -0.1) is 0 Å². The van der Waals surface area contributed by atoms with Gasteiger partial charge in [0.05, 0.1) is 24.3 Å². The predicted octanol–water partition coefficient (Wildman–Crippen LogP) is 5.11. The molecule has 5 nitrogen and oxygen atoms in total. The van der Waals surface area contributed by atoms with E-state index in [-0.39, 0.29) is 11.9 Å². The third kappa shape index (κ3) is 4.22. The minimum absolute atomic E-state index is 0.00466. The molecule has 28 heavy (non-hydrogen) atoms. The molecule has 1 heterocycles. The van der Waals surface area contributed by atoms with Crippen LogP contribution in [-0.4, -0.2) is 35.7 Å². The van der Waals surface area contributed by atoms with Crippen LogP contribution in [0.2, 0.25) is 0 Å². The van der Waals surface area contributed by atoms with Crippen molar-refractivity contribution in [3.8, 4) is 11.5 Å². The molecule has 0 saturated carbocycles. The summed E-state index contributed by atoms with van der Waals surface area (Å²) in [6.45, 7) is 6.40. The molecule has 0 aromatic heterocycles. The van der Waals surface area contributed by atoms with Gasteiger partial charge in [-0.1, -0.05) is 30.3 Å². The number of carbonyl (C=O) groups is 1. The fourth-order valence-electron chi connectivity index (χ4n) is 2.88. The van der Waals surface area contributed by atoms with Gasteiger partial charge in [0.2, 0.25) is 0 Å². The number of amidine groups is 1. The molecule has 1 aliphatic rings. The van der Waals surface area contributed by atoms with Gasteiger partial charge in [-0.2, -0.15) is 0 Å². The van der Waals surface area contributed by atoms with Crippen molar-refractivity contribution in [2.45, 2.75) is 26.8 Å². The van der Waals surface area contributed by atoms with Crippen molar-refractivity contribution in [1.82, 2.24) is 4.90 Å². The second-order valence-electron chi connectivity index (χ2n) is 6.42. The third-order valence-electron chi connectivity index (χ3n) is 4.14. The fraction of sp³-hybridized carbons (Fsp3) is 0.273. The highest BCUT2D eigenvalue weighted by Gasteiger charge is 2.35. The van der Waals surface area contributed by atoms with Gasteiger partial charge in [0.15, 0.2) is 16.7 Å². The second kappa shape index (κ2) is 8.97. The Morgan fingerprint density at radius 3 is 2.54 bits per heavy atom. The number of hydrogen-bond acceptors (Lipinski definition) is 5. The number of thioether (sulfide) groups is 1. The van der Waals surface area contributed by atoms with E-state index in [0.717, 1.165) is 11.3 Å². The molecular weight excluding hydrogens is 372 g/mol. The molecule has 1 saturated heterocycles. The summed E-state index contributed by atoms with van der Waals surface area (Å²) in [6.07, 6.45) is 1.85. The Labute approximate surface area is 170 Å². The topological polar surface area (TPSA) is 51.1 Å². The van der Waals surface area contributed by atoms with Crippen molar-refractivity contribution in [2.75, 3.05) is 13.7 Å². The zero-order valence-corrected chi connectivity index (χ0v) is 17.3. The molecule has 0 atom stereocenters. The van der Waals surface area contributed by atoms with Crippen molar-refractivity contribution in [3.63, 3.8) is 0 Å². The number of carbonyl (C=O) groups excluding carboxylic acids is 1. The van der Waals surface area contributed by atoms with Crippen LogP contribution < -0.4 is 9.47 Å². The summed E-state index contributed by atoms with van der Waals surface area (Å²) in [7, 11) is 1.61. The number of ether oxygens (including phenoxy) is 2. The summed E-state index contributed by atoms with van der Waals surface area (Å²) in [4.78, 5) is 20.1. The molecule has 146 valence electrons. The Hall–Kier alpha value is -2.73. The molecule has 0 bridgehead atoms. The zero-order chi connectivity index (χ0) is 20.1. The molecule has 0 N–H and O–H groups in total. The van der Waals surface area contributed by atoms with Crippen LogP contribution in [0, 0.1) is 0 Å². The number of hydrogen-bond donors (Lipinski definition) is 0. The van der Waals surface area contributed by atoms with Crippen molar-refractivity contribution in [1.29, 1.82) is 0 Å². The molecule has 1 fully saturated rings. The van der Waals surface area contributed by atoms with Gasteiger partial charge in [0.1, 0.15) is 0 Å². The quantitative estimate of drug-likeness (QED) is 0.637. The van der Waals surface area contributed by atoms with Crippen LogP contribution in [0.25, 0.3) is 6.08 Å². The predicted molar refractivity (Wildman–Crippen MR) is 115 cm³/mol. The Balaban J connectivity index is 2.02. The molecule has 1 amide bonds. The van der Waals surface area contributed by atoms with Gasteiger partial charge in [-0.05, 0) is 56.8 Å². The van der Waals surface area contributed by atoms with Gasteiger partial charge in [-0.25, -0.2) is 4.99 Å². The van der Waals surface area contributed by atoms with Crippen LogP contribution in [0.4, 0.5) is 5.69 Å². The minimum atomic E-state index is -0.0556. The van der Waals surface area contributed by atoms with Gasteiger partial charge >= 0.3 is 0 Å². The summed E-state index contributed by atoms with van der Waals surface area (Å²) < 4.78 is 11.2. The zero-order valence-electron chi connectivity index (χ0n) is 16.5. The monoisotopic (exact) mass is 396 g/mol. The maximum atomic E-state index is 13.1. The van der Waals surface area contributed by atoms with Crippen LogP contribution in [0.3, 0.4) is 0 Å². The third-order valence-corrected chi connectivity index (χ3v) is 5.12. The molecule has 6 heteroatoms. The van der Waals surface area contributed by atoms with Crippen molar-refractivity contribution < 1.29 is 14.3 Å². The fourth-order valence-corrected chi connectivity index (χ4v) is 3.99. The molecule has 3 rings (SSSR count). The first-order valence-corrected chi connectivity index (χ1v) is 10.0. The number of aliphatic imine (C=N–C) groups is 1. The first-order chi connectivity index (χ1) is 13.5. The number of methoxy groups -OCH3 is 1. The number of amides is 1. The Bertz CT molecular complexity index is 907.